The lowest BCUT2D eigenvalue weighted by atomic mass is 9.85. The Morgan fingerprint density at radius 2 is 1.91 bits per heavy atom. The molecule has 1 N–H and O–H groups in total. The van der Waals surface area contributed by atoms with Crippen molar-refractivity contribution in [3.63, 3.8) is 0 Å². The maximum Gasteiger partial charge on any atom is 0.0540 e. The van der Waals surface area contributed by atoms with E-state index in [1.807, 2.05) is 0 Å². The smallest absolute Gasteiger partial charge is 0.0540 e. The van der Waals surface area contributed by atoms with E-state index >= 15 is 0 Å². The van der Waals surface area contributed by atoms with Gasteiger partial charge in [0.25, 0.3) is 0 Å². The van der Waals surface area contributed by atoms with Gasteiger partial charge in [-0.25, -0.2) is 0 Å². The maximum atomic E-state index is 9.41. The zero-order valence-corrected chi connectivity index (χ0v) is 7.55. The Balaban J connectivity index is 2.13. The van der Waals surface area contributed by atoms with Gasteiger partial charge in [-0.3, -0.25) is 0 Å². The molecule has 0 heterocycles. The van der Waals surface area contributed by atoms with E-state index in [1.165, 1.54) is 32.1 Å². The topological polar surface area (TPSA) is 20.2 Å². The fourth-order valence-electron chi connectivity index (χ4n) is 1.97. The third kappa shape index (κ3) is 3.24. The third-order valence-corrected chi connectivity index (χ3v) is 2.80. The largest absolute Gasteiger partial charge is 0.393 e. The van der Waals surface area contributed by atoms with Crippen LogP contribution in [0, 0.1) is 5.92 Å². The van der Waals surface area contributed by atoms with Gasteiger partial charge in [0.2, 0.25) is 0 Å². The Bertz CT molecular complexity index is 95.0. The number of aliphatic hydroxyl groups is 1. The van der Waals surface area contributed by atoms with E-state index in [1.54, 1.807) is 0 Å². The lowest BCUT2D eigenvalue weighted by Crippen LogP contribution is -2.14. The Hall–Kier alpha value is -0.0400. The molecule has 1 rings (SSSR count). The van der Waals surface area contributed by atoms with Crippen molar-refractivity contribution in [2.45, 2.75) is 58.0 Å². The predicted octanol–water partition coefficient (Wildman–Crippen LogP) is 2.73. The highest BCUT2D eigenvalue weighted by molar-refractivity contribution is 4.68. The van der Waals surface area contributed by atoms with Crippen molar-refractivity contribution < 1.29 is 5.11 Å². The van der Waals surface area contributed by atoms with E-state index in [9.17, 15) is 5.11 Å². The third-order valence-electron chi connectivity index (χ3n) is 2.80. The van der Waals surface area contributed by atoms with Gasteiger partial charge in [0.05, 0.1) is 6.10 Å². The fraction of sp³-hybridized carbons (Fsp3) is 1.00. The van der Waals surface area contributed by atoms with Gasteiger partial charge in [0, 0.05) is 0 Å². The van der Waals surface area contributed by atoms with Crippen LogP contribution in [0.2, 0.25) is 0 Å². The second-order valence-corrected chi connectivity index (χ2v) is 3.80. The first kappa shape index (κ1) is 9.05. The molecule has 0 amide bonds. The van der Waals surface area contributed by atoms with Gasteiger partial charge in [-0.05, 0) is 18.8 Å². The zero-order chi connectivity index (χ0) is 8.10. The maximum absolute atomic E-state index is 9.41. The number of hydrogen-bond acceptors (Lipinski definition) is 1. The minimum absolute atomic E-state index is 0.0295. The first-order chi connectivity index (χ1) is 5.33. The Morgan fingerprint density at radius 3 is 2.45 bits per heavy atom. The van der Waals surface area contributed by atoms with Crippen LogP contribution in [0.3, 0.4) is 0 Å². The average Bonchev–Trinajstić information content (AvgIpc) is 2.06. The summed E-state index contributed by atoms with van der Waals surface area (Å²) in [4.78, 5) is 0. The van der Waals surface area contributed by atoms with E-state index in [2.05, 4.69) is 6.92 Å². The fourth-order valence-corrected chi connectivity index (χ4v) is 1.97. The molecule has 0 aliphatic heterocycles. The number of rotatable bonds is 3. The SMILES string of the molecule is CC[C@H](O)CC1CCCCC1. The van der Waals surface area contributed by atoms with Crippen LogP contribution in [0.25, 0.3) is 0 Å². The molecule has 0 unspecified atom stereocenters. The van der Waals surface area contributed by atoms with E-state index in [-0.39, 0.29) is 6.10 Å². The van der Waals surface area contributed by atoms with Crippen molar-refractivity contribution in [3.8, 4) is 0 Å². The molecule has 1 aliphatic carbocycles. The van der Waals surface area contributed by atoms with Gasteiger partial charge >= 0.3 is 0 Å². The normalized spacial score (nSPS) is 23.5. The molecule has 11 heavy (non-hydrogen) atoms. The van der Waals surface area contributed by atoms with Gasteiger partial charge in [-0.15, -0.1) is 0 Å². The minimum atomic E-state index is -0.0295. The van der Waals surface area contributed by atoms with Crippen LogP contribution in [0.15, 0.2) is 0 Å². The standard InChI is InChI=1S/C10H20O/c1-2-10(11)8-9-6-4-3-5-7-9/h9-11H,2-8H2,1H3/t10-/m0/s1. The van der Waals surface area contributed by atoms with Crippen LogP contribution in [0.4, 0.5) is 0 Å². The molecular formula is C10H20O. The van der Waals surface area contributed by atoms with Crippen molar-refractivity contribution in [1.82, 2.24) is 0 Å². The van der Waals surface area contributed by atoms with E-state index < -0.39 is 0 Å². The van der Waals surface area contributed by atoms with Crippen molar-refractivity contribution in [2.75, 3.05) is 0 Å². The monoisotopic (exact) mass is 156 g/mol. The first-order valence-corrected chi connectivity index (χ1v) is 5.01. The summed E-state index contributed by atoms with van der Waals surface area (Å²) in [6, 6.07) is 0. The molecule has 0 radical (unpaired) electrons. The molecule has 0 aromatic rings. The van der Waals surface area contributed by atoms with Crippen LogP contribution >= 0.6 is 0 Å². The Kier molecular flexibility index (Phi) is 3.92. The average molecular weight is 156 g/mol. The predicted molar refractivity (Wildman–Crippen MR) is 47.5 cm³/mol. The summed E-state index contributed by atoms with van der Waals surface area (Å²) in [5.41, 5.74) is 0. The Morgan fingerprint density at radius 1 is 1.27 bits per heavy atom. The molecule has 0 bridgehead atoms. The van der Waals surface area contributed by atoms with Crippen LogP contribution in [0.5, 0.6) is 0 Å². The second kappa shape index (κ2) is 4.76. The summed E-state index contributed by atoms with van der Waals surface area (Å²) in [6.07, 6.45) is 8.86. The summed E-state index contributed by atoms with van der Waals surface area (Å²) in [5.74, 6) is 0.832. The minimum Gasteiger partial charge on any atom is -0.393 e. The highest BCUT2D eigenvalue weighted by Gasteiger charge is 2.15. The quantitative estimate of drug-likeness (QED) is 0.666. The van der Waals surface area contributed by atoms with Gasteiger partial charge in [-0.2, -0.15) is 0 Å². The van der Waals surface area contributed by atoms with E-state index in [0.717, 1.165) is 18.8 Å². The molecule has 0 spiro atoms. The molecule has 1 fully saturated rings. The molecule has 1 nitrogen and oxygen atoms in total. The molecule has 66 valence electrons. The summed E-state index contributed by atoms with van der Waals surface area (Å²) in [6.45, 7) is 2.06. The summed E-state index contributed by atoms with van der Waals surface area (Å²) in [5, 5.41) is 9.41. The second-order valence-electron chi connectivity index (χ2n) is 3.80. The molecule has 0 aromatic heterocycles. The molecule has 1 heteroatoms. The van der Waals surface area contributed by atoms with E-state index in [0.29, 0.717) is 0 Å². The van der Waals surface area contributed by atoms with Gasteiger partial charge < -0.3 is 5.11 Å². The number of hydrogen-bond donors (Lipinski definition) is 1. The van der Waals surface area contributed by atoms with Crippen molar-refractivity contribution in [3.05, 3.63) is 0 Å². The molecule has 0 aromatic carbocycles. The summed E-state index contributed by atoms with van der Waals surface area (Å²) < 4.78 is 0. The molecule has 1 atom stereocenters. The molecule has 1 aliphatic rings. The Labute approximate surface area is 69.8 Å². The van der Waals surface area contributed by atoms with Crippen LogP contribution in [-0.2, 0) is 0 Å². The van der Waals surface area contributed by atoms with Crippen molar-refractivity contribution in [2.24, 2.45) is 5.92 Å². The summed E-state index contributed by atoms with van der Waals surface area (Å²) in [7, 11) is 0. The van der Waals surface area contributed by atoms with E-state index in [4.69, 9.17) is 0 Å². The summed E-state index contributed by atoms with van der Waals surface area (Å²) >= 11 is 0. The van der Waals surface area contributed by atoms with Crippen LogP contribution < -0.4 is 0 Å². The van der Waals surface area contributed by atoms with Crippen LogP contribution in [0.1, 0.15) is 51.9 Å². The van der Waals surface area contributed by atoms with Gasteiger partial charge in [0.1, 0.15) is 0 Å². The number of aliphatic hydroxyl groups excluding tert-OH is 1. The molecular weight excluding hydrogens is 136 g/mol. The van der Waals surface area contributed by atoms with Crippen molar-refractivity contribution >= 4 is 0 Å². The molecule has 0 saturated heterocycles. The van der Waals surface area contributed by atoms with Crippen LogP contribution in [-0.4, -0.2) is 11.2 Å². The highest BCUT2D eigenvalue weighted by atomic mass is 16.3. The highest BCUT2D eigenvalue weighted by Crippen LogP contribution is 2.27. The van der Waals surface area contributed by atoms with Gasteiger partial charge in [-0.1, -0.05) is 39.0 Å². The first-order valence-electron chi connectivity index (χ1n) is 5.01. The van der Waals surface area contributed by atoms with Crippen molar-refractivity contribution in [1.29, 1.82) is 0 Å². The van der Waals surface area contributed by atoms with Gasteiger partial charge in [0.15, 0.2) is 0 Å². The lowest BCUT2D eigenvalue weighted by molar-refractivity contribution is 0.126. The molecule has 1 saturated carbocycles. The zero-order valence-electron chi connectivity index (χ0n) is 7.55. The lowest BCUT2D eigenvalue weighted by Gasteiger charge is -2.23.